The number of carbonyl (C=O) groups excluding carboxylic acids is 2. The highest BCUT2D eigenvalue weighted by molar-refractivity contribution is 5.82. The largest absolute Gasteiger partial charge is 0.542 e. The van der Waals surface area contributed by atoms with Crippen molar-refractivity contribution < 1.29 is 42.9 Å². The highest BCUT2D eigenvalue weighted by Crippen LogP contribution is 2.43. The van der Waals surface area contributed by atoms with E-state index in [1.165, 1.54) is 43.2 Å². The lowest BCUT2D eigenvalue weighted by Crippen LogP contribution is -2.82. The van der Waals surface area contributed by atoms with Gasteiger partial charge >= 0.3 is 6.18 Å². The maximum atomic E-state index is 14.5. The third kappa shape index (κ3) is 6.34. The summed E-state index contributed by atoms with van der Waals surface area (Å²) in [5.41, 5.74) is 4.86. The summed E-state index contributed by atoms with van der Waals surface area (Å²) in [5.74, 6) is -1.43. The van der Waals surface area contributed by atoms with E-state index in [1.807, 2.05) is 0 Å². The number of carboxylic acids is 1. The van der Waals surface area contributed by atoms with Gasteiger partial charge in [-0.3, -0.25) is 4.79 Å². The number of pyridine rings is 1. The second-order valence-corrected chi connectivity index (χ2v) is 12.4. The van der Waals surface area contributed by atoms with Crippen molar-refractivity contribution in [2.75, 3.05) is 26.2 Å². The van der Waals surface area contributed by atoms with Crippen LogP contribution in [0, 0.1) is 18.8 Å². The van der Waals surface area contributed by atoms with Crippen molar-refractivity contribution in [3.05, 3.63) is 65.0 Å². The summed E-state index contributed by atoms with van der Waals surface area (Å²) in [6.45, 7) is 6.05. The number of aromatic nitrogens is 1. The fourth-order valence-corrected chi connectivity index (χ4v) is 7.78. The van der Waals surface area contributed by atoms with Gasteiger partial charge in [-0.25, -0.2) is 4.98 Å². The van der Waals surface area contributed by atoms with Crippen molar-refractivity contribution in [1.82, 2.24) is 4.90 Å². The van der Waals surface area contributed by atoms with E-state index < -0.39 is 12.1 Å². The van der Waals surface area contributed by atoms with Gasteiger partial charge in [-0.15, -0.1) is 0 Å². The molecule has 10 heteroatoms. The number of quaternary nitrogens is 1. The summed E-state index contributed by atoms with van der Waals surface area (Å²) >= 11 is 0. The van der Waals surface area contributed by atoms with Crippen LogP contribution >= 0.6 is 0 Å². The molecule has 228 valence electrons. The molecule has 4 aliphatic rings. The lowest BCUT2D eigenvalue weighted by atomic mass is 9.69. The minimum atomic E-state index is -5.19. The Morgan fingerprint density at radius 3 is 2.48 bits per heavy atom. The molecule has 4 atom stereocenters. The first kappa shape index (κ1) is 30.5. The zero-order valence-electron chi connectivity index (χ0n) is 24.1. The number of alkyl halides is 3. The molecule has 0 bridgehead atoms. The Morgan fingerprint density at radius 2 is 1.79 bits per heavy atom. The van der Waals surface area contributed by atoms with Gasteiger partial charge in [0.05, 0.1) is 25.1 Å². The van der Waals surface area contributed by atoms with Gasteiger partial charge in [0, 0.05) is 31.1 Å². The number of benzene rings is 1. The number of fused-ring (bicyclic) bond motifs is 2. The number of halogens is 3. The Bertz CT molecular complexity index is 1250. The van der Waals surface area contributed by atoms with Gasteiger partial charge in [0.15, 0.2) is 5.69 Å². The van der Waals surface area contributed by atoms with Crippen molar-refractivity contribution in [3.8, 4) is 0 Å². The number of carbonyl (C=O) groups is 2. The van der Waals surface area contributed by atoms with Crippen LogP contribution in [0.5, 0.6) is 0 Å². The Hall–Kier alpha value is -2.98. The molecule has 2 aromatic rings. The van der Waals surface area contributed by atoms with Gasteiger partial charge in [-0.2, -0.15) is 13.2 Å². The highest BCUT2D eigenvalue weighted by Gasteiger charge is 2.57. The number of nitrogens with two attached hydrogens (primary N) is 1. The number of carboxylic acid groups (broad SMARTS) is 1. The Labute approximate surface area is 244 Å². The predicted octanol–water partition coefficient (Wildman–Crippen LogP) is 2.42. The van der Waals surface area contributed by atoms with Crippen LogP contribution in [0.3, 0.4) is 0 Å². The number of aliphatic carboxylic acids is 1. The molecule has 3 fully saturated rings. The van der Waals surface area contributed by atoms with E-state index in [2.05, 4.69) is 64.6 Å². The SMILES string of the molecule is Cc1ccc2c([nH+]1)COC[C@]21C[NH2+]C[C@H]1C(=O)N1CC[C@@H](c2ccccc2)C[C@H]1C1CCCCC1.O=C([O-])C(F)(F)F. The Morgan fingerprint density at radius 1 is 1.07 bits per heavy atom. The second-order valence-electron chi connectivity index (χ2n) is 12.4. The van der Waals surface area contributed by atoms with Gasteiger partial charge < -0.3 is 24.9 Å². The molecule has 4 heterocycles. The summed E-state index contributed by atoms with van der Waals surface area (Å²) in [6, 6.07) is 15.8. The van der Waals surface area contributed by atoms with Crippen molar-refractivity contribution in [3.63, 3.8) is 0 Å². The van der Waals surface area contributed by atoms with Crippen molar-refractivity contribution in [1.29, 1.82) is 0 Å². The fourth-order valence-electron chi connectivity index (χ4n) is 7.78. The van der Waals surface area contributed by atoms with Gasteiger partial charge in [0.1, 0.15) is 18.5 Å². The molecular weight excluding hydrogens is 547 g/mol. The molecule has 0 unspecified atom stereocenters. The molecule has 3 aliphatic heterocycles. The number of aromatic amines is 1. The maximum Gasteiger partial charge on any atom is 0.430 e. The average molecular weight is 589 g/mol. The molecule has 1 spiro atoms. The van der Waals surface area contributed by atoms with E-state index in [4.69, 9.17) is 14.6 Å². The summed E-state index contributed by atoms with van der Waals surface area (Å²) < 4.78 is 37.7. The van der Waals surface area contributed by atoms with Crippen LogP contribution in [0.4, 0.5) is 13.2 Å². The second kappa shape index (κ2) is 12.7. The molecular formula is C32H41F3N3O4+. The summed E-state index contributed by atoms with van der Waals surface area (Å²) in [5, 5.41) is 11.1. The third-order valence-electron chi connectivity index (χ3n) is 9.82. The first-order valence-corrected chi connectivity index (χ1v) is 15.2. The number of likely N-dealkylation sites (tertiary alicyclic amines) is 1. The Kier molecular flexibility index (Phi) is 9.23. The number of rotatable bonds is 3. The standard InChI is InChI=1S/C30H39N3O2.C2HF3O2/c1-21-12-13-25-27(32-21)18-35-20-30(25)19-31-17-26(30)29(34)33-15-14-24(22-8-4-2-5-9-22)16-28(33)23-10-6-3-7-11-23;3-2(4,5)1(6)7/h2,4-5,8-9,12-13,23-24,26,28,31H,3,6-7,10-11,14-20H2,1H3;(H,6,7)/p+1/t24-,26+,28+,30-;/m1./s1. The van der Waals surface area contributed by atoms with Crippen LogP contribution in [-0.4, -0.2) is 55.2 Å². The van der Waals surface area contributed by atoms with Gasteiger partial charge in [0.2, 0.25) is 11.6 Å². The quantitative estimate of drug-likeness (QED) is 0.596. The van der Waals surface area contributed by atoms with E-state index >= 15 is 0 Å². The zero-order valence-corrected chi connectivity index (χ0v) is 24.1. The molecule has 42 heavy (non-hydrogen) atoms. The molecule has 2 saturated heterocycles. The summed E-state index contributed by atoms with van der Waals surface area (Å²) in [6.07, 6.45) is 3.53. The number of H-pyrrole nitrogens is 1. The van der Waals surface area contributed by atoms with E-state index in [1.54, 1.807) is 0 Å². The molecule has 3 N–H and O–H groups in total. The van der Waals surface area contributed by atoms with E-state index in [0.717, 1.165) is 43.9 Å². The minimum absolute atomic E-state index is 0.0166. The molecule has 1 aromatic carbocycles. The summed E-state index contributed by atoms with van der Waals surface area (Å²) in [7, 11) is 0. The minimum Gasteiger partial charge on any atom is -0.542 e. The molecule has 1 aliphatic carbocycles. The van der Waals surface area contributed by atoms with E-state index in [9.17, 15) is 18.0 Å². The van der Waals surface area contributed by atoms with Crippen LogP contribution in [0.1, 0.15) is 73.4 Å². The molecule has 1 amide bonds. The van der Waals surface area contributed by atoms with Crippen molar-refractivity contribution in [2.45, 2.75) is 82.0 Å². The topological polar surface area (TPSA) is 100 Å². The van der Waals surface area contributed by atoms with E-state index in [-0.39, 0.29) is 11.3 Å². The van der Waals surface area contributed by atoms with Crippen LogP contribution in [0.25, 0.3) is 0 Å². The number of piperidine rings is 1. The number of hydrogen-bond acceptors (Lipinski definition) is 4. The molecule has 6 rings (SSSR count). The number of nitrogens with zero attached hydrogens (tertiary/aromatic N) is 1. The number of ether oxygens (including phenoxy) is 1. The van der Waals surface area contributed by atoms with Crippen LogP contribution in [-0.2, 0) is 26.3 Å². The predicted molar refractivity (Wildman–Crippen MR) is 146 cm³/mol. The van der Waals surface area contributed by atoms with Crippen LogP contribution in [0.15, 0.2) is 42.5 Å². The maximum absolute atomic E-state index is 14.5. The Balaban J connectivity index is 0.000000451. The molecule has 7 nitrogen and oxygen atoms in total. The number of amides is 1. The zero-order chi connectivity index (χ0) is 29.9. The average Bonchev–Trinajstić information content (AvgIpc) is 3.41. The van der Waals surface area contributed by atoms with Crippen molar-refractivity contribution in [2.24, 2.45) is 11.8 Å². The fraction of sp³-hybridized carbons (Fsp3) is 0.594. The lowest BCUT2D eigenvalue weighted by Gasteiger charge is -2.47. The smallest absolute Gasteiger partial charge is 0.430 e. The summed E-state index contributed by atoms with van der Waals surface area (Å²) in [4.78, 5) is 29.2. The van der Waals surface area contributed by atoms with Crippen LogP contribution in [0.2, 0.25) is 0 Å². The number of nitrogens with one attached hydrogen (secondary N) is 1. The number of hydrogen-bond donors (Lipinski definition) is 1. The van der Waals surface area contributed by atoms with Gasteiger partial charge in [-0.05, 0) is 49.1 Å². The van der Waals surface area contributed by atoms with Crippen LogP contribution < -0.4 is 15.4 Å². The normalized spacial score (nSPS) is 28.1. The van der Waals surface area contributed by atoms with Gasteiger partial charge in [-0.1, -0.05) is 49.6 Å². The van der Waals surface area contributed by atoms with E-state index in [0.29, 0.717) is 37.0 Å². The lowest BCUT2D eigenvalue weighted by molar-refractivity contribution is -0.640. The third-order valence-corrected chi connectivity index (χ3v) is 9.82. The number of aryl methyl sites for hydroxylation is 1. The van der Waals surface area contributed by atoms with Gasteiger partial charge in [0.25, 0.3) is 0 Å². The first-order chi connectivity index (χ1) is 20.1. The monoisotopic (exact) mass is 588 g/mol. The highest BCUT2D eigenvalue weighted by atomic mass is 19.4. The first-order valence-electron chi connectivity index (χ1n) is 15.2. The molecule has 1 aromatic heterocycles. The molecule has 1 saturated carbocycles. The van der Waals surface area contributed by atoms with Crippen molar-refractivity contribution >= 4 is 11.9 Å². The molecule has 0 radical (unpaired) electrons.